The van der Waals surface area contributed by atoms with Crippen molar-refractivity contribution in [2.45, 2.75) is 44.7 Å². The first-order valence-corrected chi connectivity index (χ1v) is 12.4. The van der Waals surface area contributed by atoms with E-state index in [4.69, 9.17) is 16.7 Å². The SMILES string of the molecule is O=C(O)CC1CCC(NC(=O)c2cc(Cl)cc3cnn(Cc4cnc(-c5ccccc5)nc4)c23)CC1. The second-order valence-corrected chi connectivity index (χ2v) is 9.70. The number of nitrogens with one attached hydrogen (secondary N) is 1. The number of fused-ring (bicyclic) bond motifs is 1. The van der Waals surface area contributed by atoms with Gasteiger partial charge in [-0.3, -0.25) is 14.3 Å². The molecule has 8 nitrogen and oxygen atoms in total. The molecule has 0 bridgehead atoms. The summed E-state index contributed by atoms with van der Waals surface area (Å²) in [5, 5.41) is 17.9. The van der Waals surface area contributed by atoms with Crippen LogP contribution in [-0.2, 0) is 11.3 Å². The van der Waals surface area contributed by atoms with E-state index in [-0.39, 0.29) is 24.3 Å². The number of carboxylic acid groups (broad SMARTS) is 1. The summed E-state index contributed by atoms with van der Waals surface area (Å²) in [5.41, 5.74) is 2.96. The second kappa shape index (κ2) is 10.5. The van der Waals surface area contributed by atoms with Crippen LogP contribution in [0.2, 0.25) is 5.02 Å². The highest BCUT2D eigenvalue weighted by molar-refractivity contribution is 6.32. The van der Waals surface area contributed by atoms with Crippen molar-refractivity contribution in [3.05, 3.63) is 77.2 Å². The number of aliphatic carboxylic acids is 1. The molecule has 5 rings (SSSR count). The lowest BCUT2D eigenvalue weighted by atomic mass is 9.84. The minimum Gasteiger partial charge on any atom is -0.481 e. The maximum absolute atomic E-state index is 13.3. The van der Waals surface area contributed by atoms with Crippen molar-refractivity contribution < 1.29 is 14.7 Å². The third-order valence-corrected chi connectivity index (χ3v) is 6.88. The number of benzene rings is 2. The van der Waals surface area contributed by atoms with E-state index in [9.17, 15) is 9.59 Å². The van der Waals surface area contributed by atoms with Crippen LogP contribution >= 0.6 is 11.6 Å². The van der Waals surface area contributed by atoms with Gasteiger partial charge in [-0.1, -0.05) is 41.9 Å². The molecular weight excluding hydrogens is 478 g/mol. The van der Waals surface area contributed by atoms with E-state index in [0.29, 0.717) is 28.5 Å². The number of rotatable bonds is 7. The minimum absolute atomic E-state index is 0.00637. The van der Waals surface area contributed by atoms with E-state index in [1.165, 1.54) is 0 Å². The molecule has 1 aliphatic rings. The van der Waals surface area contributed by atoms with Crippen LogP contribution in [0.3, 0.4) is 0 Å². The first-order chi connectivity index (χ1) is 17.5. The van der Waals surface area contributed by atoms with E-state index < -0.39 is 5.97 Å². The maximum atomic E-state index is 13.3. The number of aromatic nitrogens is 4. The molecule has 184 valence electrons. The van der Waals surface area contributed by atoms with Crippen LogP contribution in [0.1, 0.15) is 48.0 Å². The van der Waals surface area contributed by atoms with Crippen molar-refractivity contribution in [3.63, 3.8) is 0 Å². The van der Waals surface area contributed by atoms with Gasteiger partial charge in [0.15, 0.2) is 5.82 Å². The van der Waals surface area contributed by atoms with Gasteiger partial charge in [-0.25, -0.2) is 9.97 Å². The molecular formula is C27H26ClN5O3. The van der Waals surface area contributed by atoms with Gasteiger partial charge in [0.25, 0.3) is 5.91 Å². The van der Waals surface area contributed by atoms with Gasteiger partial charge in [-0.05, 0) is 43.7 Å². The lowest BCUT2D eigenvalue weighted by Gasteiger charge is -2.28. The van der Waals surface area contributed by atoms with Crippen LogP contribution in [0.25, 0.3) is 22.3 Å². The quantitative estimate of drug-likeness (QED) is 0.369. The first kappa shape index (κ1) is 23.9. The molecule has 0 spiro atoms. The van der Waals surface area contributed by atoms with Gasteiger partial charge in [0.2, 0.25) is 0 Å². The molecule has 2 N–H and O–H groups in total. The topological polar surface area (TPSA) is 110 Å². The number of nitrogens with zero attached hydrogens (tertiary/aromatic N) is 4. The molecule has 2 heterocycles. The second-order valence-electron chi connectivity index (χ2n) is 9.26. The van der Waals surface area contributed by atoms with Gasteiger partial charge in [0, 0.05) is 46.4 Å². The van der Waals surface area contributed by atoms with Crippen LogP contribution in [0.5, 0.6) is 0 Å². The van der Waals surface area contributed by atoms with Crippen molar-refractivity contribution >= 4 is 34.4 Å². The lowest BCUT2D eigenvalue weighted by Crippen LogP contribution is -2.38. The fraction of sp³-hybridized carbons (Fsp3) is 0.296. The minimum atomic E-state index is -0.767. The highest BCUT2D eigenvalue weighted by Crippen LogP contribution is 2.29. The zero-order valence-electron chi connectivity index (χ0n) is 19.6. The number of carbonyl (C=O) groups excluding carboxylic acids is 1. The molecule has 0 radical (unpaired) electrons. The molecule has 4 aromatic rings. The Bertz CT molecular complexity index is 1380. The Kier molecular flexibility index (Phi) is 6.95. The van der Waals surface area contributed by atoms with Gasteiger partial charge in [-0.15, -0.1) is 0 Å². The predicted octanol–water partition coefficient (Wildman–Crippen LogP) is 4.96. The van der Waals surface area contributed by atoms with Crippen LogP contribution < -0.4 is 5.32 Å². The van der Waals surface area contributed by atoms with Crippen LogP contribution in [-0.4, -0.2) is 42.8 Å². The Morgan fingerprint density at radius 2 is 1.75 bits per heavy atom. The number of carbonyl (C=O) groups is 2. The van der Waals surface area contributed by atoms with Gasteiger partial charge in [-0.2, -0.15) is 5.10 Å². The summed E-state index contributed by atoms with van der Waals surface area (Å²) in [6.07, 6.45) is 8.54. The zero-order valence-corrected chi connectivity index (χ0v) is 20.4. The molecule has 0 aliphatic heterocycles. The van der Waals surface area contributed by atoms with Crippen molar-refractivity contribution in [1.29, 1.82) is 0 Å². The van der Waals surface area contributed by atoms with E-state index in [0.717, 1.165) is 42.2 Å². The highest BCUT2D eigenvalue weighted by Gasteiger charge is 2.25. The van der Waals surface area contributed by atoms with Crippen molar-refractivity contribution in [3.8, 4) is 11.4 Å². The number of hydrogen-bond donors (Lipinski definition) is 2. The monoisotopic (exact) mass is 503 g/mol. The summed E-state index contributed by atoms with van der Waals surface area (Å²) in [7, 11) is 0. The van der Waals surface area contributed by atoms with Gasteiger partial charge in [0.05, 0.1) is 23.8 Å². The van der Waals surface area contributed by atoms with Crippen LogP contribution in [0.4, 0.5) is 0 Å². The number of amides is 1. The standard InChI is InChI=1S/C27H26ClN5O3/c28-21-11-20-15-31-33(16-18-13-29-26(30-14-18)19-4-2-1-3-5-19)25(20)23(12-21)27(36)32-22-8-6-17(7-9-22)10-24(34)35/h1-5,11-15,17,22H,6-10,16H2,(H,32,36)(H,34,35). The van der Waals surface area contributed by atoms with Gasteiger partial charge in [0.1, 0.15) is 0 Å². The van der Waals surface area contributed by atoms with Crippen molar-refractivity contribution in [2.24, 2.45) is 5.92 Å². The summed E-state index contributed by atoms with van der Waals surface area (Å²) >= 11 is 6.33. The van der Waals surface area contributed by atoms with E-state index in [1.54, 1.807) is 35.4 Å². The fourth-order valence-corrected chi connectivity index (χ4v) is 5.08. The first-order valence-electron chi connectivity index (χ1n) is 12.0. The average Bonchev–Trinajstić information content (AvgIpc) is 3.27. The molecule has 0 saturated heterocycles. The van der Waals surface area contributed by atoms with Crippen LogP contribution in [0.15, 0.2) is 61.1 Å². The Morgan fingerprint density at radius 3 is 2.44 bits per heavy atom. The van der Waals surface area contributed by atoms with E-state index in [2.05, 4.69) is 20.4 Å². The third-order valence-electron chi connectivity index (χ3n) is 6.66. The summed E-state index contributed by atoms with van der Waals surface area (Å²) in [5.74, 6) is -0.154. The van der Waals surface area contributed by atoms with Crippen molar-refractivity contribution in [1.82, 2.24) is 25.1 Å². The Balaban J connectivity index is 1.34. The molecule has 1 aliphatic carbocycles. The predicted molar refractivity (Wildman–Crippen MR) is 137 cm³/mol. The van der Waals surface area contributed by atoms with Crippen LogP contribution in [0, 0.1) is 5.92 Å². The number of carboxylic acids is 1. The Morgan fingerprint density at radius 1 is 1.03 bits per heavy atom. The molecule has 0 unspecified atom stereocenters. The lowest BCUT2D eigenvalue weighted by molar-refractivity contribution is -0.138. The molecule has 1 fully saturated rings. The largest absolute Gasteiger partial charge is 0.481 e. The summed E-state index contributed by atoms with van der Waals surface area (Å²) < 4.78 is 1.77. The molecule has 9 heteroatoms. The summed E-state index contributed by atoms with van der Waals surface area (Å²) in [6, 6.07) is 13.2. The Hall–Kier alpha value is -3.78. The van der Waals surface area contributed by atoms with Gasteiger partial charge < -0.3 is 10.4 Å². The zero-order chi connectivity index (χ0) is 25.1. The third kappa shape index (κ3) is 5.39. The normalized spacial score (nSPS) is 17.7. The number of hydrogen-bond acceptors (Lipinski definition) is 5. The molecule has 1 amide bonds. The Labute approximate surface area is 213 Å². The molecule has 2 aromatic heterocycles. The van der Waals surface area contributed by atoms with Crippen molar-refractivity contribution in [2.75, 3.05) is 0 Å². The highest BCUT2D eigenvalue weighted by atomic mass is 35.5. The maximum Gasteiger partial charge on any atom is 0.303 e. The van der Waals surface area contributed by atoms with E-state index >= 15 is 0 Å². The molecule has 1 saturated carbocycles. The number of halogens is 1. The average molecular weight is 504 g/mol. The molecule has 0 atom stereocenters. The molecule has 2 aromatic carbocycles. The summed E-state index contributed by atoms with van der Waals surface area (Å²) in [6.45, 7) is 0.404. The fourth-order valence-electron chi connectivity index (χ4n) is 4.86. The smallest absolute Gasteiger partial charge is 0.303 e. The van der Waals surface area contributed by atoms with Gasteiger partial charge >= 0.3 is 5.97 Å². The molecule has 36 heavy (non-hydrogen) atoms. The van der Waals surface area contributed by atoms with E-state index in [1.807, 2.05) is 30.3 Å². The summed E-state index contributed by atoms with van der Waals surface area (Å²) in [4.78, 5) is 33.3.